The van der Waals surface area contributed by atoms with E-state index in [4.69, 9.17) is 27.9 Å². The van der Waals surface area contributed by atoms with E-state index in [0.717, 1.165) is 5.69 Å². The molecule has 1 saturated heterocycles. The third kappa shape index (κ3) is 5.04. The van der Waals surface area contributed by atoms with Crippen molar-refractivity contribution >= 4 is 40.6 Å². The number of piperazine rings is 1. The number of aliphatic hydroxyl groups is 1. The van der Waals surface area contributed by atoms with E-state index in [2.05, 4.69) is 15.2 Å². The molecule has 2 amide bonds. The van der Waals surface area contributed by atoms with Crippen LogP contribution in [0.25, 0.3) is 0 Å². The zero-order chi connectivity index (χ0) is 21.1. The number of carbonyl (C=O) groups excluding carboxylic acids is 1. The third-order valence-corrected chi connectivity index (χ3v) is 5.32. The lowest BCUT2D eigenvalue weighted by Gasteiger charge is -2.36. The fourth-order valence-corrected chi connectivity index (χ4v) is 3.87. The number of ether oxygens (including phenoxy) is 1. The van der Waals surface area contributed by atoms with Crippen LogP contribution in [0, 0.1) is 6.92 Å². The molecule has 1 aliphatic heterocycles. The summed E-state index contributed by atoms with van der Waals surface area (Å²) in [4.78, 5) is 21.0. The number of rotatable bonds is 4. The number of aryl methyl sites for hydroxylation is 1. The van der Waals surface area contributed by atoms with Gasteiger partial charge in [0.1, 0.15) is 5.69 Å². The second-order valence-corrected chi connectivity index (χ2v) is 7.80. The second kappa shape index (κ2) is 9.07. The molecule has 2 heterocycles. The molecule has 0 saturated carbocycles. The number of halogens is 2. The third-order valence-electron chi connectivity index (χ3n) is 4.88. The molecule has 2 aromatic rings. The summed E-state index contributed by atoms with van der Waals surface area (Å²) in [5.41, 5.74) is 2.67. The highest BCUT2D eigenvalue weighted by atomic mass is 35.5. The molecule has 29 heavy (non-hydrogen) atoms. The van der Waals surface area contributed by atoms with Crippen LogP contribution in [0.15, 0.2) is 24.3 Å². The molecule has 1 aromatic carbocycles. The highest BCUT2D eigenvalue weighted by molar-refractivity contribution is 6.35. The first-order valence-electron chi connectivity index (χ1n) is 9.29. The van der Waals surface area contributed by atoms with Gasteiger partial charge in [-0.25, -0.2) is 9.78 Å². The number of methoxy groups -OCH3 is 1. The quantitative estimate of drug-likeness (QED) is 0.750. The van der Waals surface area contributed by atoms with Gasteiger partial charge in [0.15, 0.2) is 0 Å². The Morgan fingerprint density at radius 2 is 1.79 bits per heavy atom. The van der Waals surface area contributed by atoms with Crippen LogP contribution in [-0.2, 0) is 0 Å². The summed E-state index contributed by atoms with van der Waals surface area (Å²) in [6.07, 6.45) is -0.697. The molecule has 9 heteroatoms. The summed E-state index contributed by atoms with van der Waals surface area (Å²) in [5, 5.41) is 13.9. The standard InChI is InChI=1S/C20H24Cl2N4O3/c1-12-17(13(2)27)11-18(19(23-12)29-3)24-20(28)26-6-4-25(5-7-26)16-9-14(21)8-15(22)10-16/h8-11,13,27H,4-7H2,1-3H3,(H,24,28). The summed E-state index contributed by atoms with van der Waals surface area (Å²) >= 11 is 12.2. The van der Waals surface area contributed by atoms with Crippen LogP contribution in [-0.4, -0.2) is 54.3 Å². The van der Waals surface area contributed by atoms with Crippen molar-refractivity contribution in [2.45, 2.75) is 20.0 Å². The number of amides is 2. The zero-order valence-electron chi connectivity index (χ0n) is 16.6. The Hall–Kier alpha value is -2.22. The maximum absolute atomic E-state index is 12.8. The van der Waals surface area contributed by atoms with E-state index in [9.17, 15) is 9.90 Å². The Balaban J connectivity index is 1.68. The summed E-state index contributed by atoms with van der Waals surface area (Å²) in [6, 6.07) is 6.89. The van der Waals surface area contributed by atoms with Crippen LogP contribution in [0.1, 0.15) is 24.3 Å². The highest BCUT2D eigenvalue weighted by Crippen LogP contribution is 2.29. The lowest BCUT2D eigenvalue weighted by Crippen LogP contribution is -2.50. The van der Waals surface area contributed by atoms with Gasteiger partial charge in [-0.15, -0.1) is 0 Å². The average Bonchev–Trinajstić information content (AvgIpc) is 2.68. The minimum absolute atomic E-state index is 0.241. The zero-order valence-corrected chi connectivity index (χ0v) is 18.1. The highest BCUT2D eigenvalue weighted by Gasteiger charge is 2.23. The summed E-state index contributed by atoms with van der Waals surface area (Å²) in [6.45, 7) is 5.85. The van der Waals surface area contributed by atoms with Crippen molar-refractivity contribution in [1.29, 1.82) is 0 Å². The number of pyridine rings is 1. The van der Waals surface area contributed by atoms with E-state index in [-0.39, 0.29) is 6.03 Å². The molecule has 0 spiro atoms. The molecule has 3 rings (SSSR count). The maximum Gasteiger partial charge on any atom is 0.322 e. The van der Waals surface area contributed by atoms with Gasteiger partial charge < -0.3 is 25.0 Å². The van der Waals surface area contributed by atoms with Crippen molar-refractivity contribution < 1.29 is 14.6 Å². The topological polar surface area (TPSA) is 77.9 Å². The molecule has 1 aliphatic rings. The minimum Gasteiger partial charge on any atom is -0.480 e. The number of benzene rings is 1. The van der Waals surface area contributed by atoms with Crippen molar-refractivity contribution in [2.75, 3.05) is 43.5 Å². The van der Waals surface area contributed by atoms with Gasteiger partial charge in [0.05, 0.1) is 13.2 Å². The molecule has 7 nitrogen and oxygen atoms in total. The first-order valence-corrected chi connectivity index (χ1v) is 10.0. The summed E-state index contributed by atoms with van der Waals surface area (Å²) in [7, 11) is 1.49. The molecule has 1 fully saturated rings. The Morgan fingerprint density at radius 3 is 2.34 bits per heavy atom. The van der Waals surface area contributed by atoms with Gasteiger partial charge in [-0.3, -0.25) is 0 Å². The number of nitrogens with one attached hydrogen (secondary N) is 1. The van der Waals surface area contributed by atoms with E-state index >= 15 is 0 Å². The number of hydrogen-bond acceptors (Lipinski definition) is 5. The lowest BCUT2D eigenvalue weighted by molar-refractivity contribution is 0.197. The van der Waals surface area contributed by atoms with Gasteiger partial charge >= 0.3 is 6.03 Å². The van der Waals surface area contributed by atoms with Gasteiger partial charge in [-0.2, -0.15) is 0 Å². The minimum atomic E-state index is -0.697. The van der Waals surface area contributed by atoms with Crippen LogP contribution < -0.4 is 15.0 Å². The first kappa shape index (κ1) is 21.5. The van der Waals surface area contributed by atoms with E-state index in [1.165, 1.54) is 7.11 Å². The molecule has 0 aliphatic carbocycles. The van der Waals surface area contributed by atoms with Gasteiger partial charge in [0.2, 0.25) is 5.88 Å². The molecule has 0 radical (unpaired) electrons. The van der Waals surface area contributed by atoms with E-state index in [0.29, 0.717) is 59.0 Å². The van der Waals surface area contributed by atoms with E-state index in [1.807, 2.05) is 12.1 Å². The van der Waals surface area contributed by atoms with Crippen LogP contribution in [0.5, 0.6) is 5.88 Å². The average molecular weight is 439 g/mol. The van der Waals surface area contributed by atoms with E-state index < -0.39 is 6.10 Å². The number of aromatic nitrogens is 1. The molecule has 156 valence electrons. The summed E-state index contributed by atoms with van der Waals surface area (Å²) < 4.78 is 5.29. The fraction of sp³-hybridized carbons (Fsp3) is 0.400. The SMILES string of the molecule is COc1nc(C)c(C(C)O)cc1NC(=O)N1CCN(c2cc(Cl)cc(Cl)c2)CC1. The van der Waals surface area contributed by atoms with Crippen LogP contribution >= 0.6 is 23.2 Å². The number of hydrogen-bond donors (Lipinski definition) is 2. The predicted molar refractivity (Wildman–Crippen MR) is 115 cm³/mol. The van der Waals surface area contributed by atoms with Crippen LogP contribution in [0.2, 0.25) is 10.0 Å². The van der Waals surface area contributed by atoms with Crippen molar-refractivity contribution in [3.8, 4) is 5.88 Å². The lowest BCUT2D eigenvalue weighted by atomic mass is 10.1. The number of aliphatic hydroxyl groups excluding tert-OH is 1. The van der Waals surface area contributed by atoms with Crippen molar-refractivity contribution in [3.63, 3.8) is 0 Å². The van der Waals surface area contributed by atoms with Gasteiger partial charge in [0.25, 0.3) is 0 Å². The number of urea groups is 1. The van der Waals surface area contributed by atoms with Crippen LogP contribution in [0.4, 0.5) is 16.2 Å². The molecule has 1 atom stereocenters. The first-order chi connectivity index (χ1) is 13.8. The van der Waals surface area contributed by atoms with Crippen molar-refractivity contribution in [1.82, 2.24) is 9.88 Å². The monoisotopic (exact) mass is 438 g/mol. The van der Waals surface area contributed by atoms with Crippen molar-refractivity contribution in [3.05, 3.63) is 45.6 Å². The predicted octanol–water partition coefficient (Wildman–Crippen LogP) is 4.11. The molecular weight excluding hydrogens is 415 g/mol. The number of nitrogens with zero attached hydrogens (tertiary/aromatic N) is 3. The fourth-order valence-electron chi connectivity index (χ4n) is 3.35. The van der Waals surface area contributed by atoms with Gasteiger partial charge in [-0.1, -0.05) is 23.2 Å². The Kier molecular flexibility index (Phi) is 6.72. The van der Waals surface area contributed by atoms with Crippen molar-refractivity contribution in [2.24, 2.45) is 0 Å². The molecular formula is C20H24Cl2N4O3. The number of carbonyl (C=O) groups is 1. The summed E-state index contributed by atoms with van der Waals surface area (Å²) in [5.74, 6) is 0.312. The van der Waals surface area contributed by atoms with E-state index in [1.54, 1.807) is 30.9 Å². The molecule has 1 unspecified atom stereocenters. The largest absolute Gasteiger partial charge is 0.480 e. The Bertz CT molecular complexity index is 879. The van der Waals surface area contributed by atoms with Crippen LogP contribution in [0.3, 0.4) is 0 Å². The van der Waals surface area contributed by atoms with Gasteiger partial charge in [0, 0.05) is 53.2 Å². The Morgan fingerprint density at radius 1 is 1.17 bits per heavy atom. The molecule has 2 N–H and O–H groups in total. The molecule has 0 bridgehead atoms. The second-order valence-electron chi connectivity index (χ2n) is 6.93. The maximum atomic E-state index is 12.8. The Labute approximate surface area is 180 Å². The molecule has 1 aromatic heterocycles. The number of anilines is 2. The smallest absolute Gasteiger partial charge is 0.322 e. The normalized spacial score (nSPS) is 15.2. The van der Waals surface area contributed by atoms with Gasteiger partial charge in [-0.05, 0) is 38.1 Å².